The van der Waals surface area contributed by atoms with E-state index < -0.39 is 0 Å². The van der Waals surface area contributed by atoms with Crippen LogP contribution in [0.15, 0.2) is 24.3 Å². The van der Waals surface area contributed by atoms with Gasteiger partial charge in [0.05, 0.1) is 5.69 Å². The standard InChI is InChI=1S/C16H19N3/c1-10-4-5-11(2)13(8-10)14-9-15(17-3)19-16(18-14)12-6-7-12/h4-5,8-9,12H,6-7H2,1-3H3,(H,17,18,19). The van der Waals surface area contributed by atoms with E-state index in [1.54, 1.807) is 0 Å². The number of aryl methyl sites for hydroxylation is 2. The maximum atomic E-state index is 4.76. The monoisotopic (exact) mass is 253 g/mol. The molecule has 0 amide bonds. The Morgan fingerprint density at radius 1 is 1.11 bits per heavy atom. The predicted molar refractivity (Wildman–Crippen MR) is 78.5 cm³/mol. The van der Waals surface area contributed by atoms with Crippen molar-refractivity contribution in [2.75, 3.05) is 12.4 Å². The average Bonchev–Trinajstić information content (AvgIpc) is 3.25. The Hall–Kier alpha value is -1.90. The highest BCUT2D eigenvalue weighted by atomic mass is 15.0. The van der Waals surface area contributed by atoms with E-state index in [1.807, 2.05) is 13.1 Å². The lowest BCUT2D eigenvalue weighted by molar-refractivity contribution is 0.932. The molecule has 0 bridgehead atoms. The molecule has 1 heterocycles. The minimum atomic E-state index is 0.567. The first-order chi connectivity index (χ1) is 9.17. The molecule has 1 aromatic carbocycles. The molecular weight excluding hydrogens is 234 g/mol. The van der Waals surface area contributed by atoms with E-state index in [4.69, 9.17) is 4.98 Å². The summed E-state index contributed by atoms with van der Waals surface area (Å²) < 4.78 is 0. The molecule has 1 fully saturated rings. The smallest absolute Gasteiger partial charge is 0.134 e. The molecule has 0 aliphatic heterocycles. The third kappa shape index (κ3) is 2.46. The van der Waals surface area contributed by atoms with Gasteiger partial charge in [0.15, 0.2) is 0 Å². The van der Waals surface area contributed by atoms with E-state index in [-0.39, 0.29) is 0 Å². The second kappa shape index (κ2) is 4.65. The van der Waals surface area contributed by atoms with Crippen molar-refractivity contribution in [2.45, 2.75) is 32.6 Å². The van der Waals surface area contributed by atoms with Gasteiger partial charge in [-0.3, -0.25) is 0 Å². The fraction of sp³-hybridized carbons (Fsp3) is 0.375. The molecule has 0 radical (unpaired) electrons. The first-order valence-electron chi connectivity index (χ1n) is 6.81. The number of nitrogens with one attached hydrogen (secondary N) is 1. The zero-order valence-electron chi connectivity index (χ0n) is 11.7. The first-order valence-corrected chi connectivity index (χ1v) is 6.81. The molecule has 1 saturated carbocycles. The van der Waals surface area contributed by atoms with E-state index in [0.29, 0.717) is 5.92 Å². The second-order valence-corrected chi connectivity index (χ2v) is 5.34. The van der Waals surface area contributed by atoms with Crippen LogP contribution >= 0.6 is 0 Å². The second-order valence-electron chi connectivity index (χ2n) is 5.34. The van der Waals surface area contributed by atoms with E-state index in [1.165, 1.54) is 29.5 Å². The van der Waals surface area contributed by atoms with Gasteiger partial charge in [0.1, 0.15) is 11.6 Å². The van der Waals surface area contributed by atoms with E-state index in [9.17, 15) is 0 Å². The molecule has 1 aliphatic carbocycles. The maximum Gasteiger partial charge on any atom is 0.134 e. The van der Waals surface area contributed by atoms with Crippen LogP contribution in [0.2, 0.25) is 0 Å². The summed E-state index contributed by atoms with van der Waals surface area (Å²) in [6.45, 7) is 4.25. The van der Waals surface area contributed by atoms with Crippen LogP contribution in [-0.4, -0.2) is 17.0 Å². The van der Waals surface area contributed by atoms with E-state index in [2.05, 4.69) is 42.3 Å². The van der Waals surface area contributed by atoms with Gasteiger partial charge in [-0.05, 0) is 38.3 Å². The Kier molecular flexibility index (Phi) is 2.97. The van der Waals surface area contributed by atoms with Crippen molar-refractivity contribution in [1.29, 1.82) is 0 Å². The lowest BCUT2D eigenvalue weighted by Gasteiger charge is -2.10. The quantitative estimate of drug-likeness (QED) is 0.906. The molecule has 3 heteroatoms. The molecule has 0 atom stereocenters. The molecule has 2 aromatic rings. The van der Waals surface area contributed by atoms with Crippen LogP contribution in [0.4, 0.5) is 5.82 Å². The topological polar surface area (TPSA) is 37.8 Å². The van der Waals surface area contributed by atoms with Crippen molar-refractivity contribution in [3.8, 4) is 11.3 Å². The Morgan fingerprint density at radius 3 is 2.58 bits per heavy atom. The highest BCUT2D eigenvalue weighted by Crippen LogP contribution is 2.39. The van der Waals surface area contributed by atoms with Crippen molar-refractivity contribution >= 4 is 5.82 Å². The lowest BCUT2D eigenvalue weighted by Crippen LogP contribution is -2.01. The number of anilines is 1. The van der Waals surface area contributed by atoms with Gasteiger partial charge in [-0.15, -0.1) is 0 Å². The molecular formula is C16H19N3. The average molecular weight is 253 g/mol. The van der Waals surface area contributed by atoms with Crippen molar-refractivity contribution in [3.63, 3.8) is 0 Å². The summed E-state index contributed by atoms with van der Waals surface area (Å²) in [5, 5.41) is 3.14. The third-order valence-corrected chi connectivity index (χ3v) is 3.61. The summed E-state index contributed by atoms with van der Waals surface area (Å²) in [5.74, 6) is 2.47. The Balaban J connectivity index is 2.12. The molecule has 98 valence electrons. The zero-order valence-corrected chi connectivity index (χ0v) is 11.7. The highest BCUT2D eigenvalue weighted by Gasteiger charge is 2.27. The molecule has 1 N–H and O–H groups in total. The normalized spacial score (nSPS) is 14.5. The Labute approximate surface area is 114 Å². The number of nitrogens with zero attached hydrogens (tertiary/aromatic N) is 2. The molecule has 1 aliphatic rings. The van der Waals surface area contributed by atoms with Gasteiger partial charge in [-0.1, -0.05) is 17.7 Å². The molecule has 0 saturated heterocycles. The van der Waals surface area contributed by atoms with Crippen LogP contribution < -0.4 is 5.32 Å². The molecule has 0 spiro atoms. The van der Waals surface area contributed by atoms with Gasteiger partial charge < -0.3 is 5.32 Å². The number of benzene rings is 1. The summed E-state index contributed by atoms with van der Waals surface area (Å²) in [5.41, 5.74) is 4.76. The lowest BCUT2D eigenvalue weighted by atomic mass is 10.0. The van der Waals surface area contributed by atoms with E-state index >= 15 is 0 Å². The minimum Gasteiger partial charge on any atom is -0.373 e. The van der Waals surface area contributed by atoms with Gasteiger partial charge in [0.25, 0.3) is 0 Å². The SMILES string of the molecule is CNc1cc(-c2cc(C)ccc2C)nc(C2CC2)n1. The van der Waals surface area contributed by atoms with E-state index in [0.717, 1.165) is 17.3 Å². The van der Waals surface area contributed by atoms with Crippen LogP contribution in [0.5, 0.6) is 0 Å². The summed E-state index contributed by atoms with van der Waals surface area (Å²) in [6.07, 6.45) is 2.44. The fourth-order valence-electron chi connectivity index (χ4n) is 2.27. The van der Waals surface area contributed by atoms with Crippen LogP contribution in [0.3, 0.4) is 0 Å². The van der Waals surface area contributed by atoms with Crippen molar-refractivity contribution in [1.82, 2.24) is 9.97 Å². The number of hydrogen-bond acceptors (Lipinski definition) is 3. The molecule has 0 unspecified atom stereocenters. The van der Waals surface area contributed by atoms with Crippen LogP contribution in [0.1, 0.15) is 35.7 Å². The number of rotatable bonds is 3. The van der Waals surface area contributed by atoms with Crippen LogP contribution in [0, 0.1) is 13.8 Å². The highest BCUT2D eigenvalue weighted by molar-refractivity contribution is 5.67. The van der Waals surface area contributed by atoms with Crippen LogP contribution in [0.25, 0.3) is 11.3 Å². The zero-order chi connectivity index (χ0) is 13.4. The largest absolute Gasteiger partial charge is 0.373 e. The van der Waals surface area contributed by atoms with Gasteiger partial charge in [-0.2, -0.15) is 0 Å². The van der Waals surface area contributed by atoms with Crippen molar-refractivity contribution in [2.24, 2.45) is 0 Å². The molecule has 1 aromatic heterocycles. The fourth-order valence-corrected chi connectivity index (χ4v) is 2.27. The number of aromatic nitrogens is 2. The predicted octanol–water partition coefficient (Wildman–Crippen LogP) is 3.68. The van der Waals surface area contributed by atoms with Gasteiger partial charge in [0, 0.05) is 24.6 Å². The van der Waals surface area contributed by atoms with Crippen LogP contribution in [-0.2, 0) is 0 Å². The van der Waals surface area contributed by atoms with Crippen molar-refractivity contribution in [3.05, 3.63) is 41.2 Å². The minimum absolute atomic E-state index is 0.567. The van der Waals surface area contributed by atoms with Gasteiger partial charge in [-0.25, -0.2) is 9.97 Å². The third-order valence-electron chi connectivity index (χ3n) is 3.61. The molecule has 19 heavy (non-hydrogen) atoms. The summed E-state index contributed by atoms with van der Waals surface area (Å²) in [7, 11) is 1.91. The summed E-state index contributed by atoms with van der Waals surface area (Å²) in [4.78, 5) is 9.33. The summed E-state index contributed by atoms with van der Waals surface area (Å²) >= 11 is 0. The maximum absolute atomic E-state index is 4.76. The van der Waals surface area contributed by atoms with Gasteiger partial charge >= 0.3 is 0 Å². The van der Waals surface area contributed by atoms with Gasteiger partial charge in [0.2, 0.25) is 0 Å². The first kappa shape index (κ1) is 12.2. The van der Waals surface area contributed by atoms with Crippen molar-refractivity contribution < 1.29 is 0 Å². The molecule has 3 nitrogen and oxygen atoms in total. The molecule has 3 rings (SSSR count). The summed E-state index contributed by atoms with van der Waals surface area (Å²) in [6, 6.07) is 8.53. The number of hydrogen-bond donors (Lipinski definition) is 1. The Bertz CT molecular complexity index is 615. The Morgan fingerprint density at radius 2 is 1.89 bits per heavy atom.